The molecule has 24 heavy (non-hydrogen) atoms. The van der Waals surface area contributed by atoms with Crippen molar-refractivity contribution in [3.63, 3.8) is 0 Å². The summed E-state index contributed by atoms with van der Waals surface area (Å²) < 4.78 is 0. The van der Waals surface area contributed by atoms with Crippen LogP contribution in [0.1, 0.15) is 31.4 Å². The van der Waals surface area contributed by atoms with Crippen LogP contribution in [0.5, 0.6) is 0 Å². The van der Waals surface area contributed by atoms with E-state index in [9.17, 15) is 4.79 Å². The van der Waals surface area contributed by atoms with Gasteiger partial charge in [0.15, 0.2) is 0 Å². The Labute approximate surface area is 147 Å². The Morgan fingerprint density at radius 1 is 1.08 bits per heavy atom. The lowest BCUT2D eigenvalue weighted by Crippen LogP contribution is -2.53. The van der Waals surface area contributed by atoms with Crippen molar-refractivity contribution in [2.45, 2.75) is 32.2 Å². The number of aromatic nitrogens is 1. The highest BCUT2D eigenvalue weighted by Crippen LogP contribution is 2.42. The van der Waals surface area contributed by atoms with Crippen molar-refractivity contribution in [2.75, 3.05) is 24.5 Å². The van der Waals surface area contributed by atoms with Crippen molar-refractivity contribution >= 4 is 22.9 Å². The van der Waals surface area contributed by atoms with E-state index >= 15 is 0 Å². The van der Waals surface area contributed by atoms with Gasteiger partial charge in [0.2, 0.25) is 5.91 Å². The van der Waals surface area contributed by atoms with Gasteiger partial charge in [-0.15, -0.1) is 11.3 Å². The number of anilines is 1. The van der Waals surface area contributed by atoms with Gasteiger partial charge >= 0.3 is 0 Å². The first-order chi connectivity index (χ1) is 11.8. The molecule has 1 aromatic carbocycles. The zero-order valence-corrected chi connectivity index (χ0v) is 14.7. The normalized spacial score (nSPS) is 21.3. The van der Waals surface area contributed by atoms with Gasteiger partial charge in [-0.3, -0.25) is 9.69 Å². The minimum Gasteiger partial charge on any atom is -0.312 e. The number of benzene rings is 1. The van der Waals surface area contributed by atoms with Gasteiger partial charge in [0, 0.05) is 24.2 Å². The van der Waals surface area contributed by atoms with Gasteiger partial charge in [-0.2, -0.15) is 0 Å². The highest BCUT2D eigenvalue weighted by atomic mass is 32.1. The SMILES string of the molecule is O=C1N(c2ccccc2)CCCC12CCN(Cc1cscn1)CC2. The molecule has 4 nitrogen and oxygen atoms in total. The second-order valence-corrected chi connectivity index (χ2v) is 7.65. The van der Waals surface area contributed by atoms with E-state index in [2.05, 4.69) is 15.3 Å². The summed E-state index contributed by atoms with van der Waals surface area (Å²) in [6.45, 7) is 3.75. The number of carbonyl (C=O) groups excluding carboxylic acids is 1. The molecule has 2 saturated heterocycles. The van der Waals surface area contributed by atoms with Crippen molar-refractivity contribution in [1.82, 2.24) is 9.88 Å². The maximum Gasteiger partial charge on any atom is 0.233 e. The number of carbonyl (C=O) groups is 1. The van der Waals surface area contributed by atoms with Crippen LogP contribution in [0, 0.1) is 5.41 Å². The average molecular weight is 341 g/mol. The molecule has 2 aliphatic rings. The molecule has 3 heterocycles. The molecule has 0 bridgehead atoms. The molecule has 1 amide bonds. The summed E-state index contributed by atoms with van der Waals surface area (Å²) >= 11 is 1.65. The van der Waals surface area contributed by atoms with Crippen molar-refractivity contribution < 1.29 is 4.79 Å². The first-order valence-electron chi connectivity index (χ1n) is 8.73. The minimum atomic E-state index is -0.146. The largest absolute Gasteiger partial charge is 0.312 e. The lowest BCUT2D eigenvalue weighted by Gasteiger charge is -2.46. The molecule has 4 rings (SSSR count). The average Bonchev–Trinajstić information content (AvgIpc) is 3.13. The number of thiazole rings is 1. The molecule has 2 fully saturated rings. The minimum absolute atomic E-state index is 0.146. The molecule has 0 N–H and O–H groups in total. The number of piperidine rings is 2. The molecule has 2 aromatic rings. The van der Waals surface area contributed by atoms with Gasteiger partial charge in [0.25, 0.3) is 0 Å². The monoisotopic (exact) mass is 341 g/mol. The van der Waals surface area contributed by atoms with Gasteiger partial charge in [-0.1, -0.05) is 18.2 Å². The smallest absolute Gasteiger partial charge is 0.233 e. The quantitative estimate of drug-likeness (QED) is 0.856. The molecular formula is C19H23N3OS. The summed E-state index contributed by atoms with van der Waals surface area (Å²) in [7, 11) is 0. The Bertz CT molecular complexity index is 678. The van der Waals surface area contributed by atoms with Crippen LogP contribution >= 0.6 is 11.3 Å². The van der Waals surface area contributed by atoms with Crippen LogP contribution < -0.4 is 4.90 Å². The van der Waals surface area contributed by atoms with Crippen molar-refractivity contribution in [2.24, 2.45) is 5.41 Å². The van der Waals surface area contributed by atoms with E-state index in [0.717, 1.165) is 63.2 Å². The molecule has 0 radical (unpaired) electrons. The van der Waals surface area contributed by atoms with Crippen LogP contribution in [-0.2, 0) is 11.3 Å². The molecule has 2 aliphatic heterocycles. The van der Waals surface area contributed by atoms with E-state index in [1.165, 1.54) is 0 Å². The molecule has 0 saturated carbocycles. The van der Waals surface area contributed by atoms with Crippen LogP contribution in [0.15, 0.2) is 41.2 Å². The van der Waals surface area contributed by atoms with E-state index in [1.807, 2.05) is 40.7 Å². The van der Waals surface area contributed by atoms with Gasteiger partial charge in [0.05, 0.1) is 16.6 Å². The van der Waals surface area contributed by atoms with Crippen LogP contribution in [0.25, 0.3) is 0 Å². The van der Waals surface area contributed by atoms with E-state index < -0.39 is 0 Å². The van der Waals surface area contributed by atoms with Gasteiger partial charge in [0.1, 0.15) is 0 Å². The Morgan fingerprint density at radius 3 is 2.58 bits per heavy atom. The van der Waals surface area contributed by atoms with E-state index in [-0.39, 0.29) is 5.41 Å². The molecule has 5 heteroatoms. The predicted octanol–water partition coefficient (Wildman–Crippen LogP) is 3.55. The standard InChI is InChI=1S/C19H23N3OS/c23-18-19(7-4-10-22(18)17-5-2-1-3-6-17)8-11-21(12-9-19)13-16-14-24-15-20-16/h1-3,5-6,14-15H,4,7-13H2. The molecule has 0 aliphatic carbocycles. The van der Waals surface area contributed by atoms with E-state index in [0.29, 0.717) is 5.91 Å². The second-order valence-electron chi connectivity index (χ2n) is 6.93. The number of para-hydroxylation sites is 1. The van der Waals surface area contributed by atoms with Gasteiger partial charge in [-0.25, -0.2) is 4.98 Å². The highest BCUT2D eigenvalue weighted by Gasteiger charge is 2.45. The summed E-state index contributed by atoms with van der Waals surface area (Å²) in [6.07, 6.45) is 4.09. The fourth-order valence-electron chi connectivity index (χ4n) is 4.07. The van der Waals surface area contributed by atoms with Crippen LogP contribution in [0.4, 0.5) is 5.69 Å². The van der Waals surface area contributed by atoms with Crippen molar-refractivity contribution in [1.29, 1.82) is 0 Å². The molecule has 1 spiro atoms. The number of hydrogen-bond acceptors (Lipinski definition) is 4. The number of rotatable bonds is 3. The van der Waals surface area contributed by atoms with Gasteiger partial charge in [-0.05, 0) is 50.9 Å². The second kappa shape index (κ2) is 6.65. The van der Waals surface area contributed by atoms with Crippen LogP contribution in [0.2, 0.25) is 0 Å². The molecule has 126 valence electrons. The number of likely N-dealkylation sites (tertiary alicyclic amines) is 1. The summed E-state index contributed by atoms with van der Waals surface area (Å²) in [4.78, 5) is 22.1. The summed E-state index contributed by atoms with van der Waals surface area (Å²) in [5.74, 6) is 0.341. The van der Waals surface area contributed by atoms with E-state index in [1.54, 1.807) is 11.3 Å². The zero-order valence-electron chi connectivity index (χ0n) is 13.9. The third-order valence-corrected chi connectivity index (χ3v) is 6.12. The summed E-state index contributed by atoms with van der Waals surface area (Å²) in [5, 5.41) is 2.12. The number of hydrogen-bond donors (Lipinski definition) is 0. The molecule has 0 unspecified atom stereocenters. The fourth-order valence-corrected chi connectivity index (χ4v) is 4.62. The molecule has 1 aromatic heterocycles. The third-order valence-electron chi connectivity index (χ3n) is 5.49. The summed E-state index contributed by atoms with van der Waals surface area (Å²) in [5.41, 5.74) is 3.94. The Kier molecular flexibility index (Phi) is 4.37. The maximum atomic E-state index is 13.2. The number of nitrogens with zero attached hydrogens (tertiary/aromatic N) is 3. The third kappa shape index (κ3) is 2.98. The number of amides is 1. The van der Waals surface area contributed by atoms with Crippen LogP contribution in [0.3, 0.4) is 0 Å². The van der Waals surface area contributed by atoms with Crippen LogP contribution in [-0.4, -0.2) is 35.4 Å². The lowest BCUT2D eigenvalue weighted by atomic mass is 9.71. The van der Waals surface area contributed by atoms with E-state index in [4.69, 9.17) is 0 Å². The maximum absolute atomic E-state index is 13.2. The van der Waals surface area contributed by atoms with Gasteiger partial charge < -0.3 is 4.90 Å². The summed E-state index contributed by atoms with van der Waals surface area (Å²) in [6, 6.07) is 10.1. The topological polar surface area (TPSA) is 36.4 Å². The predicted molar refractivity (Wildman–Crippen MR) is 97.1 cm³/mol. The first kappa shape index (κ1) is 15.8. The van der Waals surface area contributed by atoms with Crippen molar-refractivity contribution in [3.05, 3.63) is 46.9 Å². The Morgan fingerprint density at radius 2 is 1.88 bits per heavy atom. The zero-order chi connectivity index (χ0) is 16.4. The molecular weight excluding hydrogens is 318 g/mol. The molecule has 0 atom stereocenters. The fraction of sp³-hybridized carbons (Fsp3) is 0.474. The lowest BCUT2D eigenvalue weighted by molar-refractivity contribution is -0.133. The Balaban J connectivity index is 1.45. The Hall–Kier alpha value is -1.72. The highest BCUT2D eigenvalue weighted by molar-refractivity contribution is 7.07. The van der Waals surface area contributed by atoms with Crippen molar-refractivity contribution in [3.8, 4) is 0 Å². The first-order valence-corrected chi connectivity index (χ1v) is 9.68.